The molecule has 3 heterocycles. The Balaban J connectivity index is 1.30. The van der Waals surface area contributed by atoms with Crippen molar-refractivity contribution in [3.05, 3.63) is 29.8 Å². The topological polar surface area (TPSA) is 111 Å². The fourth-order valence-corrected chi connectivity index (χ4v) is 4.83. The molecule has 4 rings (SSSR count). The number of carbonyl (C=O) groups is 3. The summed E-state index contributed by atoms with van der Waals surface area (Å²) < 4.78 is 0. The molecule has 0 aromatic heterocycles. The van der Waals surface area contributed by atoms with Crippen LogP contribution in [0.3, 0.4) is 0 Å². The van der Waals surface area contributed by atoms with Crippen molar-refractivity contribution < 1.29 is 14.4 Å². The summed E-state index contributed by atoms with van der Waals surface area (Å²) in [6.45, 7) is 6.78. The fraction of sp³-hybridized carbons (Fsp3) is 0.609. The van der Waals surface area contributed by atoms with Gasteiger partial charge >= 0.3 is 0 Å². The molecule has 1 aromatic rings. The zero-order chi connectivity index (χ0) is 22.5. The minimum atomic E-state index is -0.670. The van der Waals surface area contributed by atoms with Gasteiger partial charge in [0.2, 0.25) is 11.8 Å². The Morgan fingerprint density at radius 1 is 1.03 bits per heavy atom. The molecule has 3 saturated heterocycles. The molecule has 0 bridgehead atoms. The lowest BCUT2D eigenvalue weighted by molar-refractivity contribution is -0.134. The summed E-state index contributed by atoms with van der Waals surface area (Å²) in [6.07, 6.45) is 4.17. The maximum Gasteiger partial charge on any atom is 0.254 e. The summed E-state index contributed by atoms with van der Waals surface area (Å²) in [5.74, 6) is 5.63. The van der Waals surface area contributed by atoms with E-state index in [9.17, 15) is 14.4 Å². The largest absolute Gasteiger partial charge is 0.368 e. The highest BCUT2D eigenvalue weighted by Gasteiger charge is 2.29. The number of hydrazine groups is 1. The first-order valence-corrected chi connectivity index (χ1v) is 11.7. The molecule has 3 amide bonds. The number of anilines is 1. The highest BCUT2D eigenvalue weighted by molar-refractivity contribution is 6.05. The summed E-state index contributed by atoms with van der Waals surface area (Å²) in [5, 5.41) is 7.01. The molecule has 9 nitrogen and oxygen atoms in total. The maximum absolute atomic E-state index is 12.9. The molecule has 1 atom stereocenters. The minimum Gasteiger partial charge on any atom is -0.368 e. The lowest BCUT2D eigenvalue weighted by atomic mass is 9.94. The number of para-hydroxylation sites is 1. The van der Waals surface area contributed by atoms with Crippen LogP contribution in [-0.2, 0) is 9.59 Å². The van der Waals surface area contributed by atoms with E-state index in [0.717, 1.165) is 57.4 Å². The highest BCUT2D eigenvalue weighted by Crippen LogP contribution is 2.24. The van der Waals surface area contributed by atoms with E-state index in [1.165, 1.54) is 19.3 Å². The average Bonchev–Trinajstić information content (AvgIpc) is 2.81. The molecule has 3 fully saturated rings. The molecule has 32 heavy (non-hydrogen) atoms. The molecule has 9 heteroatoms. The Hall–Kier alpha value is -2.49. The number of nitrogens with two attached hydrogens (primary N) is 1. The average molecular weight is 443 g/mol. The second kappa shape index (κ2) is 10.4. The lowest BCUT2D eigenvalue weighted by Crippen LogP contribution is -2.52. The predicted octanol–water partition coefficient (Wildman–Crippen LogP) is 0.319. The van der Waals surface area contributed by atoms with Gasteiger partial charge in [-0.25, -0.2) is 5.01 Å². The van der Waals surface area contributed by atoms with Crippen molar-refractivity contribution in [3.63, 3.8) is 0 Å². The Morgan fingerprint density at radius 2 is 1.75 bits per heavy atom. The van der Waals surface area contributed by atoms with Gasteiger partial charge in [0, 0.05) is 51.4 Å². The minimum absolute atomic E-state index is 0.242. The van der Waals surface area contributed by atoms with Crippen LogP contribution in [0.5, 0.6) is 0 Å². The van der Waals surface area contributed by atoms with E-state index < -0.39 is 11.9 Å². The smallest absolute Gasteiger partial charge is 0.254 e. The number of hydrogen-bond acceptors (Lipinski definition) is 7. The molecule has 1 unspecified atom stereocenters. The molecular formula is C23H34N6O3. The number of rotatable bonds is 6. The number of nitrogens with one attached hydrogen (secondary N) is 2. The van der Waals surface area contributed by atoms with Crippen LogP contribution < -0.4 is 21.4 Å². The van der Waals surface area contributed by atoms with E-state index in [0.29, 0.717) is 12.0 Å². The predicted molar refractivity (Wildman–Crippen MR) is 122 cm³/mol. The summed E-state index contributed by atoms with van der Waals surface area (Å²) in [5.41, 5.74) is 1.46. The normalized spacial score (nSPS) is 23.8. The number of piperidine rings is 2. The molecule has 0 radical (unpaired) electrons. The van der Waals surface area contributed by atoms with Crippen molar-refractivity contribution in [1.29, 1.82) is 0 Å². The molecule has 0 saturated carbocycles. The number of piperazine rings is 1. The van der Waals surface area contributed by atoms with Gasteiger partial charge in [-0.15, -0.1) is 0 Å². The van der Waals surface area contributed by atoms with Crippen LogP contribution in [0, 0.1) is 5.92 Å². The Bertz CT molecular complexity index is 831. The van der Waals surface area contributed by atoms with Gasteiger partial charge in [0.1, 0.15) is 6.04 Å². The number of imide groups is 1. The van der Waals surface area contributed by atoms with Gasteiger partial charge in [-0.1, -0.05) is 12.1 Å². The van der Waals surface area contributed by atoms with Gasteiger partial charge in [-0.3, -0.25) is 30.4 Å². The molecule has 174 valence electrons. The van der Waals surface area contributed by atoms with Gasteiger partial charge < -0.3 is 10.2 Å². The van der Waals surface area contributed by atoms with Crippen molar-refractivity contribution in [1.82, 2.24) is 20.5 Å². The van der Waals surface area contributed by atoms with Crippen LogP contribution in [0.2, 0.25) is 0 Å². The molecule has 3 aliphatic rings. The van der Waals surface area contributed by atoms with Crippen LogP contribution in [-0.4, -0.2) is 79.5 Å². The molecule has 0 spiro atoms. The zero-order valence-corrected chi connectivity index (χ0v) is 18.6. The van der Waals surface area contributed by atoms with Crippen molar-refractivity contribution in [2.24, 2.45) is 11.8 Å². The zero-order valence-electron chi connectivity index (χ0n) is 18.6. The number of amides is 3. The van der Waals surface area contributed by atoms with Crippen molar-refractivity contribution >= 4 is 23.4 Å². The van der Waals surface area contributed by atoms with Crippen LogP contribution in [0.25, 0.3) is 0 Å². The second-order valence-electron chi connectivity index (χ2n) is 9.09. The third-order valence-electron chi connectivity index (χ3n) is 6.91. The summed E-state index contributed by atoms with van der Waals surface area (Å²) >= 11 is 0. The standard InChI is InChI=1S/C23H34N6O3/c24-29-11-8-17(9-12-29)7-10-27-13-15-28(16-14-27)20-4-2-1-3-18(20)22(31)25-19-5-6-21(30)26-23(19)32/h1-4,17,19H,5-16,24H2,(H,25,31)(H,26,30,32). The molecule has 0 aliphatic carbocycles. The third-order valence-corrected chi connectivity index (χ3v) is 6.91. The lowest BCUT2D eigenvalue weighted by Gasteiger charge is -2.38. The maximum atomic E-state index is 12.9. The van der Waals surface area contributed by atoms with Crippen LogP contribution in [0.1, 0.15) is 42.5 Å². The van der Waals surface area contributed by atoms with E-state index in [4.69, 9.17) is 5.84 Å². The van der Waals surface area contributed by atoms with Gasteiger partial charge in [0.25, 0.3) is 5.91 Å². The second-order valence-corrected chi connectivity index (χ2v) is 9.09. The van der Waals surface area contributed by atoms with Crippen molar-refractivity contribution in [2.75, 3.05) is 50.7 Å². The van der Waals surface area contributed by atoms with Crippen LogP contribution in [0.15, 0.2) is 24.3 Å². The third kappa shape index (κ3) is 5.65. The first kappa shape index (κ1) is 22.7. The van der Waals surface area contributed by atoms with E-state index >= 15 is 0 Å². The molecule has 1 aromatic carbocycles. The van der Waals surface area contributed by atoms with Crippen molar-refractivity contribution in [2.45, 2.75) is 38.1 Å². The SMILES string of the molecule is NN1CCC(CCN2CCN(c3ccccc3C(=O)NC3CCC(=O)NC3=O)CC2)CC1. The number of hydrogen-bond donors (Lipinski definition) is 3. The summed E-state index contributed by atoms with van der Waals surface area (Å²) in [7, 11) is 0. The molecule has 3 aliphatic heterocycles. The van der Waals surface area contributed by atoms with Gasteiger partial charge in [-0.05, 0) is 50.3 Å². The summed E-state index contributed by atoms with van der Waals surface area (Å²) in [4.78, 5) is 41.1. The van der Waals surface area contributed by atoms with E-state index in [-0.39, 0.29) is 18.2 Å². The first-order valence-electron chi connectivity index (χ1n) is 11.7. The van der Waals surface area contributed by atoms with E-state index in [1.54, 1.807) is 6.07 Å². The Morgan fingerprint density at radius 3 is 2.47 bits per heavy atom. The first-order chi connectivity index (χ1) is 15.5. The van der Waals surface area contributed by atoms with Gasteiger partial charge in [-0.2, -0.15) is 0 Å². The number of carbonyl (C=O) groups excluding carboxylic acids is 3. The van der Waals surface area contributed by atoms with Crippen LogP contribution in [0.4, 0.5) is 5.69 Å². The number of nitrogens with zero attached hydrogens (tertiary/aromatic N) is 3. The van der Waals surface area contributed by atoms with E-state index in [1.807, 2.05) is 23.2 Å². The molecule has 4 N–H and O–H groups in total. The Kier molecular flexibility index (Phi) is 7.39. The fourth-order valence-electron chi connectivity index (χ4n) is 4.83. The van der Waals surface area contributed by atoms with Crippen molar-refractivity contribution in [3.8, 4) is 0 Å². The van der Waals surface area contributed by atoms with E-state index in [2.05, 4.69) is 20.4 Å². The quantitative estimate of drug-likeness (QED) is 0.430. The Labute approximate surface area is 189 Å². The van der Waals surface area contributed by atoms with Crippen LogP contribution >= 0.6 is 0 Å². The number of benzene rings is 1. The highest BCUT2D eigenvalue weighted by atomic mass is 16.2. The van der Waals surface area contributed by atoms with Gasteiger partial charge in [0.05, 0.1) is 5.56 Å². The monoisotopic (exact) mass is 442 g/mol. The summed E-state index contributed by atoms with van der Waals surface area (Å²) in [6, 6.07) is 6.87. The van der Waals surface area contributed by atoms with Gasteiger partial charge in [0.15, 0.2) is 0 Å². The molecular weight excluding hydrogens is 408 g/mol.